The van der Waals surface area contributed by atoms with Crippen molar-refractivity contribution in [2.75, 3.05) is 12.3 Å². The van der Waals surface area contributed by atoms with Crippen LogP contribution >= 0.6 is 23.4 Å². The molecule has 0 aliphatic rings. The molecule has 0 bridgehead atoms. The predicted molar refractivity (Wildman–Crippen MR) is 73.5 cm³/mol. The van der Waals surface area contributed by atoms with Crippen LogP contribution in [0.3, 0.4) is 0 Å². The van der Waals surface area contributed by atoms with Gasteiger partial charge in [-0.05, 0) is 37.2 Å². The quantitative estimate of drug-likeness (QED) is 0.749. The largest absolute Gasteiger partial charge is 0.368 e. The molecule has 17 heavy (non-hydrogen) atoms. The molecule has 1 unspecified atom stereocenters. The van der Waals surface area contributed by atoms with E-state index in [4.69, 9.17) is 17.3 Å². The summed E-state index contributed by atoms with van der Waals surface area (Å²) in [5.41, 5.74) is 5.33. The van der Waals surface area contributed by atoms with Crippen molar-refractivity contribution in [1.29, 1.82) is 0 Å². The van der Waals surface area contributed by atoms with Gasteiger partial charge in [0.15, 0.2) is 0 Å². The maximum atomic E-state index is 11.2. The van der Waals surface area contributed by atoms with Gasteiger partial charge < -0.3 is 11.1 Å². The Hall–Kier alpha value is -0.710. The number of carbonyl (C=O) groups excluding carboxylic acids is 1. The van der Waals surface area contributed by atoms with Crippen molar-refractivity contribution >= 4 is 29.3 Å². The molecule has 0 saturated heterocycles. The number of nitrogens with two attached hydrogens (primary N) is 1. The van der Waals surface area contributed by atoms with Gasteiger partial charge in [0.25, 0.3) is 0 Å². The van der Waals surface area contributed by atoms with Gasteiger partial charge in [0.1, 0.15) is 0 Å². The van der Waals surface area contributed by atoms with E-state index < -0.39 is 0 Å². The van der Waals surface area contributed by atoms with Gasteiger partial charge in [0.2, 0.25) is 5.91 Å². The Kier molecular flexibility index (Phi) is 6.40. The molecule has 0 radical (unpaired) electrons. The van der Waals surface area contributed by atoms with E-state index in [9.17, 15) is 4.79 Å². The lowest BCUT2D eigenvalue weighted by Crippen LogP contribution is -2.43. The number of nitrogens with one attached hydrogen (secondary N) is 1. The monoisotopic (exact) mass is 272 g/mol. The van der Waals surface area contributed by atoms with Crippen molar-refractivity contribution in [2.24, 2.45) is 5.73 Å². The second kappa shape index (κ2) is 7.58. The molecule has 1 amide bonds. The van der Waals surface area contributed by atoms with Crippen molar-refractivity contribution < 1.29 is 4.79 Å². The zero-order valence-corrected chi connectivity index (χ0v) is 11.4. The van der Waals surface area contributed by atoms with Crippen molar-refractivity contribution in [2.45, 2.75) is 24.3 Å². The number of benzene rings is 1. The summed E-state index contributed by atoms with van der Waals surface area (Å²) in [6.07, 6.45) is 0.982. The van der Waals surface area contributed by atoms with Crippen LogP contribution in [0.1, 0.15) is 13.3 Å². The number of hydrogen-bond donors (Lipinski definition) is 2. The van der Waals surface area contributed by atoms with Gasteiger partial charge in [-0.2, -0.15) is 0 Å². The highest BCUT2D eigenvalue weighted by Gasteiger charge is 2.14. The zero-order valence-electron chi connectivity index (χ0n) is 9.78. The molecular formula is C12H17ClN2OS. The molecule has 3 nitrogen and oxygen atoms in total. The maximum absolute atomic E-state index is 11.2. The Morgan fingerprint density at radius 3 is 2.65 bits per heavy atom. The fraction of sp³-hybridized carbons (Fsp3) is 0.417. The van der Waals surface area contributed by atoms with Crippen LogP contribution in [0.2, 0.25) is 5.02 Å². The van der Waals surface area contributed by atoms with E-state index >= 15 is 0 Å². The summed E-state index contributed by atoms with van der Waals surface area (Å²) in [5.74, 6) is 0.330. The lowest BCUT2D eigenvalue weighted by Gasteiger charge is -2.14. The molecule has 5 heteroatoms. The molecule has 0 heterocycles. The number of amides is 1. The molecule has 0 aliphatic carbocycles. The number of primary amides is 1. The number of thioether (sulfide) groups is 1. The van der Waals surface area contributed by atoms with Crippen LogP contribution in [0.5, 0.6) is 0 Å². The second-order valence-electron chi connectivity index (χ2n) is 3.67. The van der Waals surface area contributed by atoms with Crippen LogP contribution in [-0.4, -0.2) is 24.2 Å². The average Bonchev–Trinajstić information content (AvgIpc) is 2.31. The Balaban J connectivity index is 2.45. The third-order valence-electron chi connectivity index (χ3n) is 2.21. The maximum Gasteiger partial charge on any atom is 0.235 e. The summed E-state index contributed by atoms with van der Waals surface area (Å²) in [5, 5.41) is 3.84. The molecule has 1 atom stereocenters. The number of carbonyl (C=O) groups is 1. The molecule has 94 valence electrons. The van der Waals surface area contributed by atoms with E-state index in [0.29, 0.717) is 10.8 Å². The molecule has 0 aromatic heterocycles. The molecule has 0 aliphatic heterocycles. The minimum atomic E-state index is -0.306. The first-order valence-electron chi connectivity index (χ1n) is 5.54. The molecule has 0 fully saturated rings. The van der Waals surface area contributed by atoms with Crippen LogP contribution in [0.15, 0.2) is 29.2 Å². The van der Waals surface area contributed by atoms with E-state index in [1.165, 1.54) is 0 Å². The van der Waals surface area contributed by atoms with Crippen molar-refractivity contribution in [1.82, 2.24) is 5.32 Å². The first-order chi connectivity index (χ1) is 8.13. The second-order valence-corrected chi connectivity index (χ2v) is 5.20. The SMILES string of the molecule is CCCNC(CSc1ccc(Cl)cc1)C(N)=O. The number of halogens is 1. The fourth-order valence-corrected chi connectivity index (χ4v) is 2.37. The lowest BCUT2D eigenvalue weighted by atomic mass is 10.3. The third kappa shape index (κ3) is 5.44. The summed E-state index contributed by atoms with van der Waals surface area (Å²) in [6, 6.07) is 7.26. The van der Waals surface area contributed by atoms with Crippen molar-refractivity contribution in [3.05, 3.63) is 29.3 Å². The molecular weight excluding hydrogens is 256 g/mol. The Bertz CT molecular complexity index is 356. The zero-order chi connectivity index (χ0) is 12.7. The summed E-state index contributed by atoms with van der Waals surface area (Å²) < 4.78 is 0. The van der Waals surface area contributed by atoms with Crippen LogP contribution in [0, 0.1) is 0 Å². The van der Waals surface area contributed by atoms with Gasteiger partial charge in [0, 0.05) is 15.7 Å². The van der Waals surface area contributed by atoms with E-state index in [1.54, 1.807) is 11.8 Å². The summed E-state index contributed by atoms with van der Waals surface area (Å²) >= 11 is 7.39. The van der Waals surface area contributed by atoms with Crippen LogP contribution in [0.4, 0.5) is 0 Å². The topological polar surface area (TPSA) is 55.1 Å². The van der Waals surface area contributed by atoms with Gasteiger partial charge in [0.05, 0.1) is 6.04 Å². The highest BCUT2D eigenvalue weighted by molar-refractivity contribution is 7.99. The average molecular weight is 273 g/mol. The standard InChI is InChI=1S/C12H17ClN2OS/c1-2-7-15-11(12(14)16)8-17-10-5-3-9(13)4-6-10/h3-6,11,15H,2,7-8H2,1H3,(H2,14,16). The van der Waals surface area contributed by atoms with Crippen LogP contribution in [0.25, 0.3) is 0 Å². The normalized spacial score (nSPS) is 12.4. The molecule has 1 aromatic carbocycles. The van der Waals surface area contributed by atoms with Gasteiger partial charge in [-0.3, -0.25) is 4.79 Å². The van der Waals surface area contributed by atoms with E-state index in [0.717, 1.165) is 17.9 Å². The van der Waals surface area contributed by atoms with Crippen molar-refractivity contribution in [3.63, 3.8) is 0 Å². The van der Waals surface area contributed by atoms with Gasteiger partial charge in [-0.15, -0.1) is 11.8 Å². The number of rotatable bonds is 7. The lowest BCUT2D eigenvalue weighted by molar-refractivity contribution is -0.119. The van der Waals surface area contributed by atoms with E-state index in [1.807, 2.05) is 24.3 Å². The van der Waals surface area contributed by atoms with E-state index in [2.05, 4.69) is 12.2 Å². The highest BCUT2D eigenvalue weighted by atomic mass is 35.5. The summed E-state index contributed by atoms with van der Waals surface area (Å²) in [7, 11) is 0. The first-order valence-corrected chi connectivity index (χ1v) is 6.91. The summed E-state index contributed by atoms with van der Waals surface area (Å²) in [4.78, 5) is 12.3. The Morgan fingerprint density at radius 1 is 1.47 bits per heavy atom. The molecule has 1 rings (SSSR count). The minimum Gasteiger partial charge on any atom is -0.368 e. The predicted octanol–water partition coefficient (Wildman–Crippen LogP) is 2.29. The van der Waals surface area contributed by atoms with Crippen molar-refractivity contribution in [3.8, 4) is 0 Å². The van der Waals surface area contributed by atoms with Gasteiger partial charge >= 0.3 is 0 Å². The Morgan fingerprint density at radius 2 is 2.12 bits per heavy atom. The first kappa shape index (κ1) is 14.4. The summed E-state index contributed by atoms with van der Waals surface area (Å²) in [6.45, 7) is 2.85. The third-order valence-corrected chi connectivity index (χ3v) is 3.57. The Labute approximate surface area is 111 Å². The van der Waals surface area contributed by atoms with Gasteiger partial charge in [-0.1, -0.05) is 18.5 Å². The van der Waals surface area contributed by atoms with Crippen LogP contribution in [-0.2, 0) is 4.79 Å². The fourth-order valence-electron chi connectivity index (χ4n) is 1.27. The molecule has 0 spiro atoms. The minimum absolute atomic E-state index is 0.282. The molecule has 3 N–H and O–H groups in total. The highest BCUT2D eigenvalue weighted by Crippen LogP contribution is 2.20. The smallest absolute Gasteiger partial charge is 0.235 e. The number of hydrogen-bond acceptors (Lipinski definition) is 3. The molecule has 1 aromatic rings. The molecule has 0 saturated carbocycles. The van der Waals surface area contributed by atoms with Gasteiger partial charge in [-0.25, -0.2) is 0 Å². The van der Waals surface area contributed by atoms with E-state index in [-0.39, 0.29) is 11.9 Å². The van der Waals surface area contributed by atoms with Crippen LogP contribution < -0.4 is 11.1 Å².